The quantitative estimate of drug-likeness (QED) is 0.716. The molecule has 0 bridgehead atoms. The Labute approximate surface area is 111 Å². The molecule has 2 heteroatoms. The van der Waals surface area contributed by atoms with Crippen molar-refractivity contribution < 1.29 is 9.84 Å². The van der Waals surface area contributed by atoms with E-state index in [9.17, 15) is 5.11 Å². The van der Waals surface area contributed by atoms with Crippen LogP contribution < -0.4 is 0 Å². The first kappa shape index (κ1) is 12.9. The van der Waals surface area contributed by atoms with Gasteiger partial charge in [0.25, 0.3) is 0 Å². The van der Waals surface area contributed by atoms with Gasteiger partial charge in [0.15, 0.2) is 0 Å². The molecule has 2 nitrogen and oxygen atoms in total. The van der Waals surface area contributed by atoms with Crippen molar-refractivity contribution in [1.82, 2.24) is 0 Å². The van der Waals surface area contributed by atoms with Gasteiger partial charge in [0.1, 0.15) is 0 Å². The fourth-order valence-corrected chi connectivity index (χ4v) is 5.71. The van der Waals surface area contributed by atoms with Crippen LogP contribution in [-0.2, 0) is 4.74 Å². The molecule has 5 atom stereocenters. The van der Waals surface area contributed by atoms with E-state index < -0.39 is 0 Å². The summed E-state index contributed by atoms with van der Waals surface area (Å²) in [5.41, 5.74) is 0.461. The van der Waals surface area contributed by atoms with E-state index in [1.807, 2.05) is 0 Å². The summed E-state index contributed by atoms with van der Waals surface area (Å²) in [4.78, 5) is 0. The van der Waals surface area contributed by atoms with Crippen molar-refractivity contribution in [1.29, 1.82) is 0 Å². The third-order valence-electron chi connectivity index (χ3n) is 6.73. The third-order valence-corrected chi connectivity index (χ3v) is 6.73. The standard InChI is InChI=1S/C16H28O2/c1-14(2)8-6-13(17)16(4)11(14)5-9-15(3)12(16)7-10-18-15/h11-13,17H,5-10H2,1-4H3/t11-,12?,13-,15+,16-/m0/s1. The number of hydrogen-bond donors (Lipinski definition) is 1. The number of hydrogen-bond acceptors (Lipinski definition) is 2. The number of aliphatic hydroxyl groups is 1. The Bertz CT molecular complexity index is 347. The molecule has 3 fully saturated rings. The molecule has 1 N–H and O–H groups in total. The summed E-state index contributed by atoms with van der Waals surface area (Å²) in [5, 5.41) is 10.7. The Kier molecular flexibility index (Phi) is 2.68. The van der Waals surface area contributed by atoms with Crippen LogP contribution in [-0.4, -0.2) is 23.4 Å². The van der Waals surface area contributed by atoms with Crippen LogP contribution in [0.15, 0.2) is 0 Å². The highest BCUT2D eigenvalue weighted by Crippen LogP contribution is 2.64. The zero-order valence-corrected chi connectivity index (χ0v) is 12.3. The van der Waals surface area contributed by atoms with Gasteiger partial charge in [0.2, 0.25) is 0 Å². The summed E-state index contributed by atoms with van der Waals surface area (Å²) in [6.45, 7) is 10.3. The van der Waals surface area contributed by atoms with E-state index in [1.165, 1.54) is 19.3 Å². The predicted octanol–water partition coefficient (Wildman–Crippen LogP) is 3.38. The van der Waals surface area contributed by atoms with Crippen LogP contribution in [0.25, 0.3) is 0 Å². The van der Waals surface area contributed by atoms with E-state index in [1.54, 1.807) is 0 Å². The third kappa shape index (κ3) is 1.48. The summed E-state index contributed by atoms with van der Waals surface area (Å²) in [6, 6.07) is 0. The van der Waals surface area contributed by atoms with E-state index in [4.69, 9.17) is 4.74 Å². The van der Waals surface area contributed by atoms with Crippen LogP contribution in [0, 0.1) is 22.7 Å². The molecule has 1 unspecified atom stereocenters. The minimum absolute atomic E-state index is 0.0274. The number of fused-ring (bicyclic) bond motifs is 3. The van der Waals surface area contributed by atoms with Gasteiger partial charge in [-0.1, -0.05) is 20.8 Å². The lowest BCUT2D eigenvalue weighted by Gasteiger charge is -2.62. The molecule has 0 radical (unpaired) electrons. The summed E-state index contributed by atoms with van der Waals surface area (Å²) in [6.07, 6.45) is 5.52. The highest BCUT2D eigenvalue weighted by molar-refractivity contribution is 5.12. The summed E-state index contributed by atoms with van der Waals surface area (Å²) in [7, 11) is 0. The van der Waals surface area contributed by atoms with Gasteiger partial charge in [-0.15, -0.1) is 0 Å². The summed E-state index contributed by atoms with van der Waals surface area (Å²) < 4.78 is 6.06. The molecule has 0 aromatic carbocycles. The Hall–Kier alpha value is -0.0800. The van der Waals surface area contributed by atoms with Gasteiger partial charge in [0.05, 0.1) is 11.7 Å². The Balaban J connectivity index is 2.03. The minimum atomic E-state index is -0.137. The molecule has 0 amide bonds. The van der Waals surface area contributed by atoms with Crippen LogP contribution in [0.1, 0.15) is 59.8 Å². The molecule has 104 valence electrons. The highest BCUT2D eigenvalue weighted by Gasteiger charge is 2.63. The second-order valence-corrected chi connectivity index (χ2v) is 8.00. The van der Waals surface area contributed by atoms with E-state index >= 15 is 0 Å². The van der Waals surface area contributed by atoms with Gasteiger partial charge in [-0.2, -0.15) is 0 Å². The smallest absolute Gasteiger partial charge is 0.0689 e. The molecule has 0 spiro atoms. The van der Waals surface area contributed by atoms with Crippen LogP contribution in [0.5, 0.6) is 0 Å². The molecule has 1 heterocycles. The molecular weight excluding hydrogens is 224 g/mol. The van der Waals surface area contributed by atoms with Crippen LogP contribution in [0.3, 0.4) is 0 Å². The second-order valence-electron chi connectivity index (χ2n) is 8.00. The maximum atomic E-state index is 10.7. The van der Waals surface area contributed by atoms with Crippen molar-refractivity contribution in [2.45, 2.75) is 71.5 Å². The molecule has 2 aliphatic carbocycles. The zero-order chi connectivity index (χ0) is 13.2. The normalized spacial score (nSPS) is 54.8. The minimum Gasteiger partial charge on any atom is -0.393 e. The largest absolute Gasteiger partial charge is 0.393 e. The van der Waals surface area contributed by atoms with E-state index in [2.05, 4.69) is 27.7 Å². The van der Waals surface area contributed by atoms with Crippen molar-refractivity contribution in [3.63, 3.8) is 0 Å². The lowest BCUT2D eigenvalue weighted by molar-refractivity contribution is -0.195. The molecular formula is C16H28O2. The topological polar surface area (TPSA) is 29.5 Å². The average Bonchev–Trinajstić information content (AvgIpc) is 2.67. The fourth-order valence-electron chi connectivity index (χ4n) is 5.71. The van der Waals surface area contributed by atoms with E-state index in [0.29, 0.717) is 17.3 Å². The van der Waals surface area contributed by atoms with E-state index in [-0.39, 0.29) is 17.1 Å². The Morgan fingerprint density at radius 3 is 2.39 bits per heavy atom. The van der Waals surface area contributed by atoms with Gasteiger partial charge in [-0.25, -0.2) is 0 Å². The monoisotopic (exact) mass is 252 g/mol. The Morgan fingerprint density at radius 2 is 1.67 bits per heavy atom. The van der Waals surface area contributed by atoms with Crippen LogP contribution >= 0.6 is 0 Å². The van der Waals surface area contributed by atoms with Crippen LogP contribution in [0.2, 0.25) is 0 Å². The van der Waals surface area contributed by atoms with Crippen LogP contribution in [0.4, 0.5) is 0 Å². The maximum Gasteiger partial charge on any atom is 0.0689 e. The highest BCUT2D eigenvalue weighted by atomic mass is 16.5. The first-order chi connectivity index (χ1) is 8.31. The second kappa shape index (κ2) is 3.73. The average molecular weight is 252 g/mol. The van der Waals surface area contributed by atoms with Gasteiger partial charge in [0, 0.05) is 12.0 Å². The van der Waals surface area contributed by atoms with Crippen molar-refractivity contribution in [3.05, 3.63) is 0 Å². The molecule has 0 aromatic heterocycles. The van der Waals surface area contributed by atoms with Crippen molar-refractivity contribution >= 4 is 0 Å². The van der Waals surface area contributed by atoms with Crippen molar-refractivity contribution in [3.8, 4) is 0 Å². The summed E-state index contributed by atoms with van der Waals surface area (Å²) >= 11 is 0. The molecule has 0 aromatic rings. The number of ether oxygens (including phenoxy) is 1. The van der Waals surface area contributed by atoms with Crippen molar-refractivity contribution in [2.24, 2.45) is 22.7 Å². The lowest BCUT2D eigenvalue weighted by Crippen LogP contribution is -2.61. The molecule has 1 aliphatic heterocycles. The van der Waals surface area contributed by atoms with Gasteiger partial charge in [-0.3, -0.25) is 0 Å². The lowest BCUT2D eigenvalue weighted by atomic mass is 9.44. The molecule has 3 rings (SSSR count). The van der Waals surface area contributed by atoms with Gasteiger partial charge >= 0.3 is 0 Å². The SMILES string of the molecule is CC1(C)CC[C@H](O)[C@]2(C)C3CCO[C@]3(C)CC[C@@H]12. The number of aliphatic hydroxyl groups excluding tert-OH is 1. The zero-order valence-electron chi connectivity index (χ0n) is 12.3. The molecule has 1 saturated heterocycles. The molecule has 3 aliphatic rings. The fraction of sp³-hybridized carbons (Fsp3) is 1.00. The van der Waals surface area contributed by atoms with Gasteiger partial charge in [-0.05, 0) is 56.3 Å². The Morgan fingerprint density at radius 1 is 0.944 bits per heavy atom. The van der Waals surface area contributed by atoms with Crippen molar-refractivity contribution in [2.75, 3.05) is 6.61 Å². The first-order valence-electron chi connectivity index (χ1n) is 7.63. The molecule has 2 saturated carbocycles. The maximum absolute atomic E-state index is 10.7. The predicted molar refractivity (Wildman–Crippen MR) is 72.3 cm³/mol. The molecule has 18 heavy (non-hydrogen) atoms. The van der Waals surface area contributed by atoms with Gasteiger partial charge < -0.3 is 9.84 Å². The van der Waals surface area contributed by atoms with E-state index in [0.717, 1.165) is 19.4 Å². The summed E-state index contributed by atoms with van der Waals surface area (Å²) in [5.74, 6) is 1.19. The first-order valence-corrected chi connectivity index (χ1v) is 7.63. The number of rotatable bonds is 0.